The fraction of sp³-hybridized carbons (Fsp3) is 0.348. The number of halogens is 3. The molecule has 0 unspecified atom stereocenters. The normalized spacial score (nSPS) is 14.7. The van der Waals surface area contributed by atoms with Crippen molar-refractivity contribution in [3.8, 4) is 17.2 Å². The molecule has 2 amide bonds. The van der Waals surface area contributed by atoms with Gasteiger partial charge in [-0.25, -0.2) is 14.8 Å². The quantitative estimate of drug-likeness (QED) is 0.561. The number of ether oxygens (including phenoxy) is 3. The summed E-state index contributed by atoms with van der Waals surface area (Å²) in [5, 5.41) is 3.59. The molecule has 180 valence electrons. The Morgan fingerprint density at radius 1 is 1.03 bits per heavy atom. The van der Waals surface area contributed by atoms with Crippen LogP contribution in [0.4, 0.5) is 23.7 Å². The third-order valence-corrected chi connectivity index (χ3v) is 5.68. The number of aromatic nitrogens is 2. The number of nitrogens with one attached hydrogen (secondary N) is 1. The smallest absolute Gasteiger partial charge is 0.493 e. The topological polar surface area (TPSA) is 85.8 Å². The molecule has 2 heterocycles. The van der Waals surface area contributed by atoms with Gasteiger partial charge in [-0.05, 0) is 43.2 Å². The molecule has 1 aliphatic rings. The lowest BCUT2D eigenvalue weighted by Crippen LogP contribution is -2.40. The highest BCUT2D eigenvalue weighted by atomic mass is 19.4. The van der Waals surface area contributed by atoms with Gasteiger partial charge in [-0.2, -0.15) is 0 Å². The SMILES string of the molecule is COc1cc2ncnc(C3CCN(C(=O)Nc4ccc(OC(F)(F)F)cc4)CC3)c2cc1OC. The van der Waals surface area contributed by atoms with Gasteiger partial charge in [-0.3, -0.25) is 0 Å². The van der Waals surface area contributed by atoms with E-state index < -0.39 is 6.36 Å². The summed E-state index contributed by atoms with van der Waals surface area (Å²) in [6, 6.07) is 8.39. The van der Waals surface area contributed by atoms with Crippen LogP contribution in [0.25, 0.3) is 10.9 Å². The predicted octanol–water partition coefficient (Wildman–Crippen LogP) is 4.96. The highest BCUT2D eigenvalue weighted by Crippen LogP contribution is 2.36. The molecule has 1 N–H and O–H groups in total. The number of hydrogen-bond acceptors (Lipinski definition) is 6. The third kappa shape index (κ3) is 5.24. The molecule has 2 aromatic carbocycles. The molecule has 1 aromatic heterocycles. The zero-order chi connectivity index (χ0) is 24.3. The summed E-state index contributed by atoms with van der Waals surface area (Å²) in [6.45, 7) is 1.01. The number of likely N-dealkylation sites (tertiary alicyclic amines) is 1. The number of benzene rings is 2. The predicted molar refractivity (Wildman–Crippen MR) is 118 cm³/mol. The maximum atomic E-state index is 12.6. The van der Waals surface area contributed by atoms with Gasteiger partial charge in [0.1, 0.15) is 12.1 Å². The first kappa shape index (κ1) is 23.4. The average molecular weight is 476 g/mol. The van der Waals surface area contributed by atoms with E-state index in [9.17, 15) is 18.0 Å². The molecule has 0 spiro atoms. The summed E-state index contributed by atoms with van der Waals surface area (Å²) >= 11 is 0. The Labute approximate surface area is 193 Å². The Morgan fingerprint density at radius 2 is 1.68 bits per heavy atom. The van der Waals surface area contributed by atoms with E-state index in [1.165, 1.54) is 18.5 Å². The molecule has 8 nitrogen and oxygen atoms in total. The molecule has 0 radical (unpaired) electrons. The summed E-state index contributed by atoms with van der Waals surface area (Å²) in [7, 11) is 3.14. The molecule has 0 aliphatic carbocycles. The number of anilines is 1. The number of urea groups is 1. The first-order chi connectivity index (χ1) is 16.3. The zero-order valence-electron chi connectivity index (χ0n) is 18.6. The Morgan fingerprint density at radius 3 is 2.29 bits per heavy atom. The minimum Gasteiger partial charge on any atom is -0.493 e. The lowest BCUT2D eigenvalue weighted by atomic mass is 9.91. The molecule has 11 heteroatoms. The van der Waals surface area contributed by atoms with E-state index in [-0.39, 0.29) is 17.7 Å². The summed E-state index contributed by atoms with van der Waals surface area (Å²) < 4.78 is 51.5. The number of alkyl halides is 3. The van der Waals surface area contributed by atoms with Crippen LogP contribution in [0, 0.1) is 0 Å². The van der Waals surface area contributed by atoms with Crippen LogP contribution in [-0.4, -0.2) is 54.6 Å². The van der Waals surface area contributed by atoms with Crippen molar-refractivity contribution in [1.82, 2.24) is 14.9 Å². The van der Waals surface area contributed by atoms with Crippen LogP contribution in [0.5, 0.6) is 17.2 Å². The van der Waals surface area contributed by atoms with E-state index in [1.54, 1.807) is 19.1 Å². The number of carbonyl (C=O) groups excluding carboxylic acids is 1. The maximum Gasteiger partial charge on any atom is 0.573 e. The Balaban J connectivity index is 1.40. The number of methoxy groups -OCH3 is 2. The highest BCUT2D eigenvalue weighted by Gasteiger charge is 2.31. The number of piperidine rings is 1. The van der Waals surface area contributed by atoms with Gasteiger partial charge in [0.15, 0.2) is 11.5 Å². The van der Waals surface area contributed by atoms with E-state index in [0.717, 1.165) is 28.7 Å². The van der Waals surface area contributed by atoms with Crippen molar-refractivity contribution in [2.45, 2.75) is 25.1 Å². The molecular weight excluding hydrogens is 453 g/mol. The van der Waals surface area contributed by atoms with Crippen molar-refractivity contribution in [3.05, 3.63) is 48.4 Å². The van der Waals surface area contributed by atoms with Gasteiger partial charge in [-0.15, -0.1) is 13.2 Å². The fourth-order valence-corrected chi connectivity index (χ4v) is 4.03. The fourth-order valence-electron chi connectivity index (χ4n) is 4.03. The van der Waals surface area contributed by atoms with Crippen molar-refractivity contribution >= 4 is 22.6 Å². The average Bonchev–Trinajstić information content (AvgIpc) is 2.83. The van der Waals surface area contributed by atoms with E-state index in [1.807, 2.05) is 12.1 Å². The molecule has 3 aromatic rings. The second kappa shape index (κ2) is 9.62. The molecule has 0 atom stereocenters. The van der Waals surface area contributed by atoms with Gasteiger partial charge in [0.2, 0.25) is 0 Å². The van der Waals surface area contributed by atoms with Gasteiger partial charge in [-0.1, -0.05) is 0 Å². The molecule has 34 heavy (non-hydrogen) atoms. The summed E-state index contributed by atoms with van der Waals surface area (Å²) in [5.41, 5.74) is 2.02. The van der Waals surface area contributed by atoms with Crippen molar-refractivity contribution in [2.24, 2.45) is 0 Å². The number of rotatable bonds is 5. The largest absolute Gasteiger partial charge is 0.573 e. The van der Waals surface area contributed by atoms with Crippen molar-refractivity contribution in [1.29, 1.82) is 0 Å². The van der Waals surface area contributed by atoms with Gasteiger partial charge < -0.3 is 24.4 Å². The minimum absolute atomic E-state index is 0.131. The van der Waals surface area contributed by atoms with Gasteiger partial charge >= 0.3 is 12.4 Å². The molecule has 1 aliphatic heterocycles. The standard InChI is InChI=1S/C23H23F3N4O4/c1-32-19-11-17-18(12-20(19)33-2)27-13-28-21(17)14-7-9-30(10-8-14)22(31)29-15-3-5-16(6-4-15)34-23(24,25)26/h3-6,11-14H,7-10H2,1-2H3,(H,29,31). The summed E-state index contributed by atoms with van der Waals surface area (Å²) in [6.07, 6.45) is -1.84. The first-order valence-corrected chi connectivity index (χ1v) is 10.6. The Hall–Kier alpha value is -3.76. The highest BCUT2D eigenvalue weighted by molar-refractivity contribution is 5.89. The molecule has 0 saturated carbocycles. The Kier molecular flexibility index (Phi) is 6.62. The third-order valence-electron chi connectivity index (χ3n) is 5.68. The van der Waals surface area contributed by atoms with Gasteiger partial charge in [0.05, 0.1) is 25.4 Å². The van der Waals surface area contributed by atoms with Crippen LogP contribution < -0.4 is 19.5 Å². The molecular formula is C23H23F3N4O4. The van der Waals surface area contributed by atoms with Crippen molar-refractivity contribution < 1.29 is 32.2 Å². The monoisotopic (exact) mass is 476 g/mol. The van der Waals surface area contributed by atoms with E-state index in [0.29, 0.717) is 43.1 Å². The van der Waals surface area contributed by atoms with Crippen LogP contribution in [0.2, 0.25) is 0 Å². The van der Waals surface area contributed by atoms with Crippen LogP contribution in [0.15, 0.2) is 42.7 Å². The number of amides is 2. The van der Waals surface area contributed by atoms with Crippen LogP contribution in [0.3, 0.4) is 0 Å². The molecule has 1 fully saturated rings. The number of hydrogen-bond donors (Lipinski definition) is 1. The van der Waals surface area contributed by atoms with Crippen LogP contribution >= 0.6 is 0 Å². The summed E-state index contributed by atoms with van der Waals surface area (Å²) in [5.74, 6) is 0.961. The number of nitrogens with zero attached hydrogens (tertiary/aromatic N) is 3. The second-order valence-corrected chi connectivity index (χ2v) is 7.75. The van der Waals surface area contributed by atoms with Gasteiger partial charge in [0.25, 0.3) is 0 Å². The van der Waals surface area contributed by atoms with E-state index in [2.05, 4.69) is 20.0 Å². The van der Waals surface area contributed by atoms with E-state index in [4.69, 9.17) is 9.47 Å². The lowest BCUT2D eigenvalue weighted by molar-refractivity contribution is -0.274. The number of fused-ring (bicyclic) bond motifs is 1. The maximum absolute atomic E-state index is 12.6. The molecule has 0 bridgehead atoms. The molecule has 1 saturated heterocycles. The van der Waals surface area contributed by atoms with Crippen molar-refractivity contribution in [3.63, 3.8) is 0 Å². The van der Waals surface area contributed by atoms with Gasteiger partial charge in [0, 0.05) is 36.1 Å². The minimum atomic E-state index is -4.76. The number of carbonyl (C=O) groups is 1. The van der Waals surface area contributed by atoms with Crippen molar-refractivity contribution in [2.75, 3.05) is 32.6 Å². The van der Waals surface area contributed by atoms with E-state index >= 15 is 0 Å². The first-order valence-electron chi connectivity index (χ1n) is 10.6. The zero-order valence-corrected chi connectivity index (χ0v) is 18.6. The second-order valence-electron chi connectivity index (χ2n) is 7.75. The van der Waals surface area contributed by atoms with Crippen LogP contribution in [0.1, 0.15) is 24.5 Å². The van der Waals surface area contributed by atoms with Crippen LogP contribution in [-0.2, 0) is 0 Å². The summed E-state index contributed by atoms with van der Waals surface area (Å²) in [4.78, 5) is 23.2. The Bertz CT molecular complexity index is 1160. The molecule has 4 rings (SSSR count). The lowest BCUT2D eigenvalue weighted by Gasteiger charge is -2.32.